The van der Waals surface area contributed by atoms with Crippen LogP contribution in [0.1, 0.15) is 32.9 Å². The molecule has 1 unspecified atom stereocenters. The molecule has 2 N–H and O–H groups in total. The minimum atomic E-state index is -0.469. The van der Waals surface area contributed by atoms with E-state index in [1.807, 2.05) is 19.9 Å². The minimum Gasteiger partial charge on any atom is -0.490 e. The Kier molecular flexibility index (Phi) is 5.19. The Balaban J connectivity index is 2.10. The van der Waals surface area contributed by atoms with Gasteiger partial charge in [-0.2, -0.15) is 0 Å². The number of aryl methyl sites for hydroxylation is 2. The van der Waals surface area contributed by atoms with Crippen molar-refractivity contribution < 1.29 is 4.74 Å². The quantitative estimate of drug-likeness (QED) is 0.666. The molecule has 144 valence electrons. The van der Waals surface area contributed by atoms with Gasteiger partial charge in [-0.05, 0) is 49.8 Å². The van der Waals surface area contributed by atoms with Gasteiger partial charge < -0.3 is 15.0 Å². The Morgan fingerprint density at radius 3 is 2.63 bits per heavy atom. The maximum atomic E-state index is 12.8. The van der Waals surface area contributed by atoms with E-state index in [-0.39, 0.29) is 5.56 Å². The summed E-state index contributed by atoms with van der Waals surface area (Å²) in [4.78, 5) is 17.2. The molecule has 0 fully saturated rings. The van der Waals surface area contributed by atoms with Crippen LogP contribution < -0.4 is 16.0 Å². The fraction of sp³-hybridized carbons (Fsp3) is 0.429. The zero-order chi connectivity index (χ0) is 19.9. The van der Waals surface area contributed by atoms with Gasteiger partial charge in [0, 0.05) is 23.7 Å². The third kappa shape index (κ3) is 3.94. The summed E-state index contributed by atoms with van der Waals surface area (Å²) in [5, 5.41) is 2.77. The number of benzene rings is 1. The third-order valence-electron chi connectivity index (χ3n) is 4.71. The van der Waals surface area contributed by atoms with E-state index in [1.54, 1.807) is 29.9 Å². The molecule has 0 saturated carbocycles. The first-order chi connectivity index (χ1) is 12.6. The van der Waals surface area contributed by atoms with Crippen LogP contribution in [0, 0.1) is 12.8 Å². The highest BCUT2D eigenvalue weighted by Crippen LogP contribution is 2.33. The van der Waals surface area contributed by atoms with Gasteiger partial charge in [-0.3, -0.25) is 9.78 Å². The summed E-state index contributed by atoms with van der Waals surface area (Å²) in [6, 6.07) is 5.49. The molecule has 1 atom stereocenters. The van der Waals surface area contributed by atoms with Gasteiger partial charge in [-0.25, -0.2) is 0 Å². The number of aromatic nitrogens is 2. The molecule has 5 nitrogen and oxygen atoms in total. The Labute approximate surface area is 164 Å². The summed E-state index contributed by atoms with van der Waals surface area (Å²) in [5.41, 5.74) is 7.41. The molecular weight excluding hydrogens is 362 g/mol. The average Bonchev–Trinajstić information content (AvgIpc) is 2.57. The van der Waals surface area contributed by atoms with Gasteiger partial charge in [0.15, 0.2) is 0 Å². The molecule has 6 heteroatoms. The molecule has 2 heterocycles. The summed E-state index contributed by atoms with van der Waals surface area (Å²) in [7, 11) is 1.75. The summed E-state index contributed by atoms with van der Waals surface area (Å²) in [6.45, 7) is 8.46. The first-order valence-electron chi connectivity index (χ1n) is 9.09. The normalized spacial score (nSPS) is 14.1. The number of hydrogen-bond acceptors (Lipinski definition) is 4. The fourth-order valence-corrected chi connectivity index (χ4v) is 3.84. The van der Waals surface area contributed by atoms with Crippen LogP contribution in [-0.2, 0) is 7.05 Å². The van der Waals surface area contributed by atoms with E-state index in [1.165, 1.54) is 0 Å². The molecule has 2 aromatic heterocycles. The molecular formula is C21H26ClN3O2. The van der Waals surface area contributed by atoms with Gasteiger partial charge in [0.05, 0.1) is 22.1 Å². The standard InChI is InChI=1S/C21H26ClN3O2/c1-12(2)9-21(4,23)11-27-19-8-16-14(7-17(19)22)15-6-13(3)24-10-18(15)25(5)20(16)26/h6-8,10,12H,9,11,23H2,1-5H3. The van der Waals surface area contributed by atoms with Crippen molar-refractivity contribution >= 4 is 33.3 Å². The van der Waals surface area contributed by atoms with Crippen LogP contribution in [0.15, 0.2) is 29.2 Å². The highest BCUT2D eigenvalue weighted by Gasteiger charge is 2.22. The van der Waals surface area contributed by atoms with Crippen molar-refractivity contribution in [1.82, 2.24) is 9.55 Å². The molecule has 0 spiro atoms. The maximum Gasteiger partial charge on any atom is 0.258 e. The van der Waals surface area contributed by atoms with Gasteiger partial charge in [0.2, 0.25) is 0 Å². The zero-order valence-corrected chi connectivity index (χ0v) is 17.2. The van der Waals surface area contributed by atoms with E-state index in [0.717, 1.165) is 28.4 Å². The number of nitrogens with zero attached hydrogens (tertiary/aromatic N) is 2. The van der Waals surface area contributed by atoms with Crippen LogP contribution in [0.25, 0.3) is 21.7 Å². The molecule has 0 aliphatic rings. The van der Waals surface area contributed by atoms with Gasteiger partial charge in [0.1, 0.15) is 12.4 Å². The zero-order valence-electron chi connectivity index (χ0n) is 16.5. The molecule has 1 aromatic carbocycles. The molecule has 0 radical (unpaired) electrons. The van der Waals surface area contributed by atoms with Crippen LogP contribution >= 0.6 is 11.6 Å². The lowest BCUT2D eigenvalue weighted by atomic mass is 9.93. The Bertz CT molecular complexity index is 1070. The monoisotopic (exact) mass is 387 g/mol. The largest absolute Gasteiger partial charge is 0.490 e. The number of rotatable bonds is 5. The second-order valence-electron chi connectivity index (χ2n) is 8.08. The number of ether oxygens (including phenoxy) is 1. The smallest absolute Gasteiger partial charge is 0.258 e. The molecule has 27 heavy (non-hydrogen) atoms. The average molecular weight is 388 g/mol. The fourth-order valence-electron chi connectivity index (χ4n) is 3.62. The summed E-state index contributed by atoms with van der Waals surface area (Å²) < 4.78 is 7.53. The highest BCUT2D eigenvalue weighted by molar-refractivity contribution is 6.33. The van der Waals surface area contributed by atoms with Gasteiger partial charge >= 0.3 is 0 Å². The van der Waals surface area contributed by atoms with Gasteiger partial charge in [0.25, 0.3) is 5.56 Å². The summed E-state index contributed by atoms with van der Waals surface area (Å²) in [5.74, 6) is 0.943. The Morgan fingerprint density at radius 1 is 1.26 bits per heavy atom. The predicted molar refractivity (Wildman–Crippen MR) is 112 cm³/mol. The van der Waals surface area contributed by atoms with Crippen molar-refractivity contribution in [2.24, 2.45) is 18.7 Å². The van der Waals surface area contributed by atoms with Crippen LogP contribution in [-0.4, -0.2) is 21.7 Å². The molecule has 3 aromatic rings. The van der Waals surface area contributed by atoms with E-state index in [2.05, 4.69) is 18.8 Å². The lowest BCUT2D eigenvalue weighted by molar-refractivity contribution is 0.207. The van der Waals surface area contributed by atoms with Crippen LogP contribution in [0.2, 0.25) is 5.02 Å². The van der Waals surface area contributed by atoms with E-state index >= 15 is 0 Å². The van der Waals surface area contributed by atoms with Crippen LogP contribution in [0.5, 0.6) is 5.75 Å². The van der Waals surface area contributed by atoms with E-state index in [0.29, 0.717) is 28.7 Å². The number of halogens is 1. The van der Waals surface area contributed by atoms with E-state index in [4.69, 9.17) is 22.1 Å². The highest BCUT2D eigenvalue weighted by atomic mass is 35.5. The first kappa shape index (κ1) is 19.6. The first-order valence-corrected chi connectivity index (χ1v) is 9.47. The second kappa shape index (κ2) is 7.13. The summed E-state index contributed by atoms with van der Waals surface area (Å²) >= 11 is 6.48. The van der Waals surface area contributed by atoms with Crippen LogP contribution in [0.4, 0.5) is 0 Å². The SMILES string of the molecule is Cc1cc2c3cc(Cl)c(OCC(C)(N)CC(C)C)cc3c(=O)n(C)c2cn1. The predicted octanol–water partition coefficient (Wildman–Crippen LogP) is 4.19. The topological polar surface area (TPSA) is 70.1 Å². The number of nitrogens with two attached hydrogens (primary N) is 1. The van der Waals surface area contributed by atoms with Crippen molar-refractivity contribution in [1.29, 1.82) is 0 Å². The van der Waals surface area contributed by atoms with Crippen molar-refractivity contribution in [3.8, 4) is 5.75 Å². The van der Waals surface area contributed by atoms with Crippen molar-refractivity contribution in [2.75, 3.05) is 6.61 Å². The molecule has 3 rings (SSSR count). The lowest BCUT2D eigenvalue weighted by Crippen LogP contribution is -2.43. The molecule has 0 amide bonds. The molecule has 0 bridgehead atoms. The minimum absolute atomic E-state index is 0.109. The molecule has 0 saturated heterocycles. The molecule has 0 aliphatic carbocycles. The number of fused-ring (bicyclic) bond motifs is 3. The number of hydrogen-bond donors (Lipinski definition) is 1. The summed E-state index contributed by atoms with van der Waals surface area (Å²) in [6.07, 6.45) is 2.55. The Morgan fingerprint density at radius 2 is 1.96 bits per heavy atom. The van der Waals surface area contributed by atoms with Crippen LogP contribution in [0.3, 0.4) is 0 Å². The second-order valence-corrected chi connectivity index (χ2v) is 8.48. The van der Waals surface area contributed by atoms with Gasteiger partial charge in [-0.1, -0.05) is 25.4 Å². The van der Waals surface area contributed by atoms with Gasteiger partial charge in [-0.15, -0.1) is 0 Å². The van der Waals surface area contributed by atoms with E-state index < -0.39 is 5.54 Å². The van der Waals surface area contributed by atoms with Crippen molar-refractivity contribution in [3.05, 3.63) is 45.5 Å². The van der Waals surface area contributed by atoms with Crippen molar-refractivity contribution in [2.45, 2.75) is 39.7 Å². The Hall–Kier alpha value is -2.11. The van der Waals surface area contributed by atoms with E-state index in [9.17, 15) is 4.79 Å². The lowest BCUT2D eigenvalue weighted by Gasteiger charge is -2.27. The molecule has 0 aliphatic heterocycles. The maximum absolute atomic E-state index is 12.8. The number of pyridine rings is 2. The van der Waals surface area contributed by atoms with Crippen molar-refractivity contribution in [3.63, 3.8) is 0 Å². The third-order valence-corrected chi connectivity index (χ3v) is 5.01.